The van der Waals surface area contributed by atoms with Gasteiger partial charge in [-0.15, -0.1) is 0 Å². The molecule has 4 atom stereocenters. The summed E-state index contributed by atoms with van der Waals surface area (Å²) in [6.07, 6.45) is -0.411. The Balaban J connectivity index is 1.79. The van der Waals surface area contributed by atoms with E-state index in [0.29, 0.717) is 0 Å². The van der Waals surface area contributed by atoms with E-state index >= 15 is 0 Å². The minimum Gasteiger partial charge on any atom is -0.404 e. The van der Waals surface area contributed by atoms with Gasteiger partial charge >= 0.3 is 13.5 Å². The first-order chi connectivity index (χ1) is 16.0. The molecular weight excluding hydrogens is 536 g/mol. The number of benzene rings is 1. The summed E-state index contributed by atoms with van der Waals surface area (Å²) >= 11 is 17.1. The summed E-state index contributed by atoms with van der Waals surface area (Å²) in [4.78, 5) is 28.8. The number of nitrogens with zero attached hydrogens (tertiary/aromatic N) is 4. The van der Waals surface area contributed by atoms with Gasteiger partial charge in [0.1, 0.15) is 18.6 Å². The topological polar surface area (TPSA) is 158 Å². The SMILES string of the molecule is Cc1cn([C@H]2C[C@H](N=[N+]=[N-])[C@@H](COP(=O)(OCC(Cl)(Cl)Cl)Oc3ccccc3)O2)c(=O)[nH]c1=O. The zero-order valence-electron chi connectivity index (χ0n) is 17.5. The molecule has 0 aliphatic carbocycles. The summed E-state index contributed by atoms with van der Waals surface area (Å²) in [5.41, 5.74) is 7.98. The second-order valence-corrected chi connectivity index (χ2v) is 11.3. The van der Waals surface area contributed by atoms with Crippen LogP contribution in [-0.4, -0.2) is 38.7 Å². The highest BCUT2D eigenvalue weighted by Gasteiger charge is 2.40. The van der Waals surface area contributed by atoms with Gasteiger partial charge in [-0.05, 0) is 24.6 Å². The Kier molecular flexibility index (Phi) is 8.72. The standard InChI is InChI=1S/C18H19Cl3N5O7P/c1-11-8-26(17(28)23-16(11)27)15-7-13(24-25-22)14(32-15)9-30-34(29,31-10-18(19,20)21)33-12-5-3-2-4-6-12/h2-6,8,13-15H,7,9-10H2,1H3,(H,23,27,28)/t13-,14+,15+,34?/m0/s1. The van der Waals surface area contributed by atoms with E-state index in [1.807, 2.05) is 0 Å². The van der Waals surface area contributed by atoms with E-state index < -0.39 is 54.5 Å². The number of phosphoric ester groups is 1. The van der Waals surface area contributed by atoms with Gasteiger partial charge < -0.3 is 9.26 Å². The molecule has 0 bridgehead atoms. The van der Waals surface area contributed by atoms with E-state index in [1.165, 1.54) is 25.3 Å². The van der Waals surface area contributed by atoms with Crippen molar-refractivity contribution in [2.24, 2.45) is 5.11 Å². The van der Waals surface area contributed by atoms with E-state index in [-0.39, 0.29) is 17.7 Å². The molecule has 0 spiro atoms. The van der Waals surface area contributed by atoms with E-state index in [9.17, 15) is 14.2 Å². The van der Waals surface area contributed by atoms with Crippen LogP contribution in [0.2, 0.25) is 0 Å². The van der Waals surface area contributed by atoms with Gasteiger partial charge in [0.2, 0.25) is 3.79 Å². The molecule has 34 heavy (non-hydrogen) atoms. The quantitative estimate of drug-likeness (QED) is 0.158. The smallest absolute Gasteiger partial charge is 0.404 e. The maximum atomic E-state index is 13.2. The highest BCUT2D eigenvalue weighted by Crippen LogP contribution is 2.51. The second-order valence-electron chi connectivity index (χ2n) is 7.15. The predicted molar refractivity (Wildman–Crippen MR) is 124 cm³/mol. The Hall–Kier alpha value is -2.01. The first kappa shape index (κ1) is 26.6. The number of azide groups is 1. The fourth-order valence-corrected chi connectivity index (χ4v) is 4.67. The number of aryl methyl sites for hydroxylation is 1. The van der Waals surface area contributed by atoms with Crippen LogP contribution in [0.5, 0.6) is 5.75 Å². The van der Waals surface area contributed by atoms with Gasteiger partial charge in [0.25, 0.3) is 5.56 Å². The molecule has 184 valence electrons. The lowest BCUT2D eigenvalue weighted by molar-refractivity contribution is -0.0278. The minimum atomic E-state index is -4.34. The lowest BCUT2D eigenvalue weighted by atomic mass is 10.1. The average molecular weight is 555 g/mol. The molecule has 1 aliphatic heterocycles. The van der Waals surface area contributed by atoms with E-state index in [1.54, 1.807) is 18.2 Å². The Morgan fingerprint density at radius 1 is 1.29 bits per heavy atom. The number of ether oxygens (including phenoxy) is 1. The van der Waals surface area contributed by atoms with Crippen LogP contribution in [0.3, 0.4) is 0 Å². The number of aromatic nitrogens is 2. The summed E-state index contributed by atoms with van der Waals surface area (Å²) in [5.74, 6) is 0.169. The van der Waals surface area contributed by atoms with Crippen molar-refractivity contribution >= 4 is 42.6 Å². The van der Waals surface area contributed by atoms with Crippen LogP contribution in [0.1, 0.15) is 18.2 Å². The largest absolute Gasteiger partial charge is 0.530 e. The summed E-state index contributed by atoms with van der Waals surface area (Å²) in [7, 11) is -4.34. The van der Waals surface area contributed by atoms with Crippen LogP contribution < -0.4 is 15.8 Å². The zero-order chi connectivity index (χ0) is 24.9. The highest BCUT2D eigenvalue weighted by molar-refractivity contribution is 7.49. The van der Waals surface area contributed by atoms with Gasteiger partial charge in [-0.25, -0.2) is 9.36 Å². The summed E-state index contributed by atoms with van der Waals surface area (Å²) in [5, 5.41) is 3.67. The number of H-pyrrole nitrogens is 1. The van der Waals surface area contributed by atoms with Crippen LogP contribution in [0.25, 0.3) is 10.4 Å². The molecular formula is C18H19Cl3N5O7P. The summed E-state index contributed by atoms with van der Waals surface area (Å²) in [6.45, 7) is 0.497. The summed E-state index contributed by atoms with van der Waals surface area (Å²) < 4.78 is 34.3. The molecule has 12 nitrogen and oxygen atoms in total. The Labute approximate surface area is 207 Å². The van der Waals surface area contributed by atoms with Gasteiger partial charge in [-0.1, -0.05) is 58.1 Å². The van der Waals surface area contributed by atoms with Crippen LogP contribution in [0.15, 0.2) is 51.2 Å². The third-order valence-corrected chi connectivity index (χ3v) is 6.28. The number of phosphoric acid groups is 1. The van der Waals surface area contributed by atoms with Crippen molar-refractivity contribution in [3.05, 3.63) is 73.4 Å². The van der Waals surface area contributed by atoms with Crippen molar-refractivity contribution in [2.75, 3.05) is 13.2 Å². The zero-order valence-corrected chi connectivity index (χ0v) is 20.7. The number of alkyl halides is 3. The maximum Gasteiger partial charge on any atom is 0.530 e. The minimum absolute atomic E-state index is 0.0856. The number of hydrogen-bond donors (Lipinski definition) is 1. The van der Waals surface area contributed by atoms with E-state index in [0.717, 1.165) is 4.57 Å². The van der Waals surface area contributed by atoms with Crippen LogP contribution in [-0.2, 0) is 18.3 Å². The van der Waals surface area contributed by atoms with Crippen molar-refractivity contribution in [3.63, 3.8) is 0 Å². The monoisotopic (exact) mass is 553 g/mol. The molecule has 2 aromatic rings. The Morgan fingerprint density at radius 3 is 2.65 bits per heavy atom. The third-order valence-electron chi connectivity index (χ3n) is 4.60. The number of rotatable bonds is 9. The van der Waals surface area contributed by atoms with Crippen molar-refractivity contribution in [1.29, 1.82) is 0 Å². The average Bonchev–Trinajstić information content (AvgIpc) is 3.17. The maximum absolute atomic E-state index is 13.2. The molecule has 3 rings (SSSR count). The molecule has 1 N–H and O–H groups in total. The van der Waals surface area contributed by atoms with Gasteiger partial charge in [0.15, 0.2) is 0 Å². The van der Waals surface area contributed by atoms with Crippen molar-refractivity contribution in [3.8, 4) is 5.75 Å². The Bertz CT molecular complexity index is 1210. The molecule has 0 amide bonds. The number of para-hydroxylation sites is 1. The number of halogens is 3. The molecule has 1 aromatic carbocycles. The first-order valence-corrected chi connectivity index (χ1v) is 12.3. The van der Waals surface area contributed by atoms with Crippen molar-refractivity contribution in [1.82, 2.24) is 9.55 Å². The first-order valence-electron chi connectivity index (χ1n) is 9.72. The van der Waals surface area contributed by atoms with Crippen LogP contribution in [0, 0.1) is 6.92 Å². The van der Waals surface area contributed by atoms with Crippen LogP contribution >= 0.6 is 42.6 Å². The lowest BCUT2D eigenvalue weighted by Crippen LogP contribution is -2.33. The molecule has 0 saturated carbocycles. The Morgan fingerprint density at radius 2 is 2.00 bits per heavy atom. The fraction of sp³-hybridized carbons (Fsp3) is 0.444. The molecule has 2 heterocycles. The fourth-order valence-electron chi connectivity index (χ4n) is 3.04. The van der Waals surface area contributed by atoms with Gasteiger partial charge in [0, 0.05) is 23.1 Å². The number of aromatic amines is 1. The van der Waals surface area contributed by atoms with E-state index in [2.05, 4.69) is 15.0 Å². The molecule has 1 aliphatic rings. The van der Waals surface area contributed by atoms with Crippen molar-refractivity contribution < 1.29 is 22.9 Å². The molecule has 1 saturated heterocycles. The summed E-state index contributed by atoms with van der Waals surface area (Å²) in [6, 6.07) is 7.24. The number of hydrogen-bond acceptors (Lipinski definition) is 8. The number of nitrogens with one attached hydrogen (secondary N) is 1. The second kappa shape index (κ2) is 11.2. The molecule has 1 unspecified atom stereocenters. The highest BCUT2D eigenvalue weighted by atomic mass is 35.6. The van der Waals surface area contributed by atoms with Crippen molar-refractivity contribution in [2.45, 2.75) is 35.5 Å². The third kappa shape index (κ3) is 7.24. The molecule has 1 aromatic heterocycles. The van der Waals surface area contributed by atoms with E-state index in [4.69, 9.17) is 58.6 Å². The van der Waals surface area contributed by atoms with Gasteiger partial charge in [-0.2, -0.15) is 0 Å². The molecule has 1 fully saturated rings. The normalized spacial score (nSPS) is 22.1. The molecule has 16 heteroatoms. The van der Waals surface area contributed by atoms with Gasteiger partial charge in [-0.3, -0.25) is 23.4 Å². The van der Waals surface area contributed by atoms with Gasteiger partial charge in [0.05, 0.1) is 18.8 Å². The predicted octanol–water partition coefficient (Wildman–Crippen LogP) is 4.40. The molecule has 0 radical (unpaired) electrons. The lowest BCUT2D eigenvalue weighted by Gasteiger charge is -2.23. The van der Waals surface area contributed by atoms with Crippen LogP contribution in [0.4, 0.5) is 0 Å².